The van der Waals surface area contributed by atoms with Gasteiger partial charge in [0.2, 0.25) is 11.5 Å². The fraction of sp³-hybridized carbons (Fsp3) is 0. The Balaban J connectivity index is 1.55. The van der Waals surface area contributed by atoms with Gasteiger partial charge in [-0.3, -0.25) is 0 Å². The molecule has 0 saturated carbocycles. The number of rotatable bonds is 4. The largest absolute Gasteiger partial charge is 0.618 e. The van der Waals surface area contributed by atoms with Gasteiger partial charge in [0.1, 0.15) is 5.82 Å². The van der Waals surface area contributed by atoms with Gasteiger partial charge in [-0.05, 0) is 36.4 Å². The topological polar surface area (TPSA) is 65.0 Å². The van der Waals surface area contributed by atoms with Gasteiger partial charge in [0.15, 0.2) is 6.21 Å². The maximum absolute atomic E-state index is 12.9. The van der Waals surface area contributed by atoms with Crippen molar-refractivity contribution in [2.24, 2.45) is 0 Å². The first-order valence-corrected chi connectivity index (χ1v) is 8.25. The molecule has 1 aromatic heterocycles. The zero-order valence-electron chi connectivity index (χ0n) is 14.1. The van der Waals surface area contributed by atoms with Crippen molar-refractivity contribution in [1.29, 1.82) is 0 Å². The molecule has 1 heterocycles. The van der Waals surface area contributed by atoms with E-state index in [-0.39, 0.29) is 5.82 Å². The van der Waals surface area contributed by atoms with Crippen LogP contribution in [0.25, 0.3) is 22.8 Å². The van der Waals surface area contributed by atoms with E-state index in [0.717, 1.165) is 10.3 Å². The Labute approximate surface area is 154 Å². The van der Waals surface area contributed by atoms with E-state index >= 15 is 0 Å². The molecule has 0 aliphatic carbocycles. The summed E-state index contributed by atoms with van der Waals surface area (Å²) in [7, 11) is 0. The van der Waals surface area contributed by atoms with Crippen LogP contribution in [-0.2, 0) is 0 Å². The predicted octanol–water partition coefficient (Wildman–Crippen LogP) is 4.80. The van der Waals surface area contributed by atoms with Gasteiger partial charge >= 0.3 is 0 Å². The van der Waals surface area contributed by atoms with Crippen molar-refractivity contribution in [2.75, 3.05) is 0 Å². The molecule has 0 aliphatic rings. The molecule has 0 spiro atoms. The molecule has 0 N–H and O–H groups in total. The van der Waals surface area contributed by atoms with E-state index in [0.29, 0.717) is 28.5 Å². The van der Waals surface area contributed by atoms with Crippen LogP contribution in [-0.4, -0.2) is 21.1 Å². The van der Waals surface area contributed by atoms with Crippen LogP contribution in [0.3, 0.4) is 0 Å². The molecule has 0 amide bonds. The summed E-state index contributed by atoms with van der Waals surface area (Å²) in [5.41, 5.74) is 2.62. The van der Waals surface area contributed by atoms with Crippen molar-refractivity contribution < 1.29 is 13.7 Å². The van der Waals surface area contributed by atoms with Gasteiger partial charge in [0.25, 0.3) is 5.89 Å². The first kappa shape index (κ1) is 16.7. The molecule has 0 atom stereocenters. The SMILES string of the molecule is [O-]/[N+](=C\c1ccc(F)cc1)c1ccc(-c2nc(-c3ccccc3)no2)cc1. The highest BCUT2D eigenvalue weighted by molar-refractivity contribution is 5.76. The third kappa shape index (κ3) is 3.74. The van der Waals surface area contributed by atoms with E-state index in [4.69, 9.17) is 4.52 Å². The van der Waals surface area contributed by atoms with E-state index in [1.54, 1.807) is 24.3 Å². The molecule has 6 heteroatoms. The Hall–Kier alpha value is -3.80. The zero-order chi connectivity index (χ0) is 18.6. The molecule has 0 radical (unpaired) electrons. The van der Waals surface area contributed by atoms with Crippen LogP contribution < -0.4 is 0 Å². The predicted molar refractivity (Wildman–Crippen MR) is 100 cm³/mol. The smallest absolute Gasteiger partial charge is 0.258 e. The molecule has 0 fully saturated rings. The van der Waals surface area contributed by atoms with Gasteiger partial charge in [-0.1, -0.05) is 35.5 Å². The highest BCUT2D eigenvalue weighted by Crippen LogP contribution is 2.24. The van der Waals surface area contributed by atoms with Crippen molar-refractivity contribution in [2.45, 2.75) is 0 Å². The Bertz CT molecular complexity index is 1070. The summed E-state index contributed by atoms with van der Waals surface area (Å²) in [5.74, 6) is 0.536. The normalized spacial score (nSPS) is 11.5. The molecule has 0 aliphatic heterocycles. The molecular formula is C21H14FN3O2. The van der Waals surface area contributed by atoms with E-state index in [2.05, 4.69) is 10.1 Å². The first-order chi connectivity index (χ1) is 13.2. The lowest BCUT2D eigenvalue weighted by Crippen LogP contribution is -1.98. The minimum absolute atomic E-state index is 0.344. The van der Waals surface area contributed by atoms with E-state index in [1.165, 1.54) is 30.5 Å². The van der Waals surface area contributed by atoms with Crippen LogP contribution in [0.2, 0.25) is 0 Å². The molecule has 3 aromatic carbocycles. The average molecular weight is 359 g/mol. The maximum atomic E-state index is 12.9. The lowest BCUT2D eigenvalue weighted by atomic mass is 10.2. The molecule has 0 bridgehead atoms. The molecule has 4 rings (SSSR count). The summed E-state index contributed by atoms with van der Waals surface area (Å²) in [5, 5.41) is 16.2. The van der Waals surface area contributed by atoms with E-state index in [1.807, 2.05) is 30.3 Å². The summed E-state index contributed by atoms with van der Waals surface area (Å²) in [6, 6.07) is 22.0. The standard InChI is InChI=1S/C21H14FN3O2/c22-18-10-6-15(7-11-18)14-25(26)19-12-8-17(9-13-19)21-23-20(24-27-21)16-4-2-1-3-5-16/h1-14H/b25-14-. The minimum atomic E-state index is -0.344. The number of halogens is 1. The van der Waals surface area contributed by atoms with Crippen LogP contribution in [0.1, 0.15) is 5.56 Å². The number of hydrogen-bond donors (Lipinski definition) is 0. The van der Waals surface area contributed by atoms with Gasteiger partial charge < -0.3 is 9.73 Å². The number of benzene rings is 3. The summed E-state index contributed by atoms with van der Waals surface area (Å²) in [6.45, 7) is 0. The lowest BCUT2D eigenvalue weighted by molar-refractivity contribution is -0.354. The van der Waals surface area contributed by atoms with Crippen molar-refractivity contribution in [1.82, 2.24) is 10.1 Å². The molecule has 0 unspecified atom stereocenters. The Morgan fingerprint density at radius 3 is 2.26 bits per heavy atom. The van der Waals surface area contributed by atoms with E-state index < -0.39 is 0 Å². The average Bonchev–Trinajstić information content (AvgIpc) is 3.21. The third-order valence-corrected chi connectivity index (χ3v) is 3.96. The van der Waals surface area contributed by atoms with Crippen LogP contribution >= 0.6 is 0 Å². The number of aromatic nitrogens is 2. The van der Waals surface area contributed by atoms with Crippen molar-refractivity contribution in [3.63, 3.8) is 0 Å². The second-order valence-electron chi connectivity index (χ2n) is 5.84. The van der Waals surface area contributed by atoms with Gasteiger partial charge in [-0.15, -0.1) is 0 Å². The molecule has 4 aromatic rings. The van der Waals surface area contributed by atoms with E-state index in [9.17, 15) is 9.60 Å². The third-order valence-electron chi connectivity index (χ3n) is 3.96. The van der Waals surface area contributed by atoms with Crippen LogP contribution in [0.5, 0.6) is 0 Å². The highest BCUT2D eigenvalue weighted by Gasteiger charge is 2.11. The maximum Gasteiger partial charge on any atom is 0.258 e. The van der Waals surface area contributed by atoms with Gasteiger partial charge in [-0.25, -0.2) is 4.39 Å². The van der Waals surface area contributed by atoms with Crippen LogP contribution in [0, 0.1) is 11.0 Å². The molecule has 5 nitrogen and oxygen atoms in total. The van der Waals surface area contributed by atoms with Crippen molar-refractivity contribution in [3.8, 4) is 22.8 Å². The van der Waals surface area contributed by atoms with Crippen LogP contribution in [0.15, 0.2) is 83.4 Å². The Morgan fingerprint density at radius 1 is 0.852 bits per heavy atom. The summed E-state index contributed by atoms with van der Waals surface area (Å²) < 4.78 is 19.0. The van der Waals surface area contributed by atoms with Gasteiger partial charge in [0, 0.05) is 28.8 Å². The van der Waals surface area contributed by atoms with Crippen LogP contribution in [0.4, 0.5) is 10.1 Å². The molecule has 0 saturated heterocycles. The second kappa shape index (κ2) is 7.21. The fourth-order valence-corrected chi connectivity index (χ4v) is 2.55. The molecule has 132 valence electrons. The van der Waals surface area contributed by atoms with Crippen molar-refractivity contribution >= 4 is 11.9 Å². The minimum Gasteiger partial charge on any atom is -0.618 e. The summed E-state index contributed by atoms with van der Waals surface area (Å²) in [4.78, 5) is 4.39. The molecular weight excluding hydrogens is 345 g/mol. The highest BCUT2D eigenvalue weighted by atomic mass is 19.1. The van der Waals surface area contributed by atoms with Gasteiger partial charge in [-0.2, -0.15) is 9.72 Å². The van der Waals surface area contributed by atoms with Crippen molar-refractivity contribution in [3.05, 3.63) is 95.5 Å². The Morgan fingerprint density at radius 2 is 1.56 bits per heavy atom. The second-order valence-corrected chi connectivity index (χ2v) is 5.84. The summed E-state index contributed by atoms with van der Waals surface area (Å²) >= 11 is 0. The summed E-state index contributed by atoms with van der Waals surface area (Å²) in [6.07, 6.45) is 1.38. The fourth-order valence-electron chi connectivity index (χ4n) is 2.55. The molecule has 27 heavy (non-hydrogen) atoms. The lowest BCUT2D eigenvalue weighted by Gasteiger charge is -2.03. The first-order valence-electron chi connectivity index (χ1n) is 8.25. The Kier molecular flexibility index (Phi) is 4.45. The quantitative estimate of drug-likeness (QED) is 0.227. The van der Waals surface area contributed by atoms with Gasteiger partial charge in [0.05, 0.1) is 0 Å². The number of nitrogens with zero attached hydrogens (tertiary/aromatic N) is 3. The zero-order valence-corrected chi connectivity index (χ0v) is 14.1. The number of hydrogen-bond acceptors (Lipinski definition) is 4. The monoisotopic (exact) mass is 359 g/mol.